The molecule has 2 fully saturated rings. The summed E-state index contributed by atoms with van der Waals surface area (Å²) in [5, 5.41) is 6.55. The first-order valence-electron chi connectivity index (χ1n) is 11.8. The number of aromatic nitrogens is 2. The number of halogens is 3. The molecule has 2 aliphatic rings. The molecule has 2 aliphatic heterocycles. The van der Waals surface area contributed by atoms with Crippen LogP contribution in [0.4, 0.5) is 23.8 Å². The van der Waals surface area contributed by atoms with Gasteiger partial charge < -0.3 is 15.0 Å². The van der Waals surface area contributed by atoms with Crippen molar-refractivity contribution in [1.82, 2.24) is 19.6 Å². The van der Waals surface area contributed by atoms with E-state index in [0.717, 1.165) is 16.8 Å². The molecule has 1 aromatic heterocycles. The lowest BCUT2D eigenvalue weighted by Crippen LogP contribution is -2.49. The average molecular weight is 546 g/mol. The first-order valence-corrected chi connectivity index (χ1v) is 13.7. The fourth-order valence-electron chi connectivity index (χ4n) is 4.36. The van der Waals surface area contributed by atoms with E-state index in [0.29, 0.717) is 44.6 Å². The molecule has 0 atom stereocenters. The van der Waals surface area contributed by atoms with Crippen LogP contribution >= 0.6 is 10.6 Å². The van der Waals surface area contributed by atoms with E-state index >= 15 is 0 Å². The van der Waals surface area contributed by atoms with Gasteiger partial charge in [-0.1, -0.05) is 0 Å². The molecule has 10 nitrogen and oxygen atoms in total. The predicted octanol–water partition coefficient (Wildman–Crippen LogP) is 3.94. The van der Waals surface area contributed by atoms with Gasteiger partial charge in [0.25, 0.3) is 0 Å². The summed E-state index contributed by atoms with van der Waals surface area (Å²) in [6.45, 7) is 3.24. The monoisotopic (exact) mass is 545 g/mol. The molecule has 2 aromatic rings. The van der Waals surface area contributed by atoms with Crippen molar-refractivity contribution in [2.45, 2.75) is 38.6 Å². The molecule has 0 radical (unpaired) electrons. The van der Waals surface area contributed by atoms with Gasteiger partial charge in [0.1, 0.15) is 11.9 Å². The zero-order valence-electron chi connectivity index (χ0n) is 20.3. The Labute approximate surface area is 213 Å². The quantitative estimate of drug-likeness (QED) is 0.521. The van der Waals surface area contributed by atoms with E-state index in [4.69, 9.17) is 4.74 Å². The standard InChI is InChI=1S/C23H30F3N5O5S/c1-16(32)27-21-2-5-31(28-21)22(33)30-8-6-29(7-9-30)15-17-12-18(23(24,25)26)14-20(13-17)36-19-3-10-37(34,35)11-4-19/h2,5,12-14,19,34-35H,3-4,6-11,15H2,1H3,(H,27,28,32). The summed E-state index contributed by atoms with van der Waals surface area (Å²) in [6, 6.07) is 4.84. The van der Waals surface area contributed by atoms with Crippen LogP contribution in [0.15, 0.2) is 30.5 Å². The van der Waals surface area contributed by atoms with Crippen molar-refractivity contribution >= 4 is 28.3 Å². The molecule has 2 amide bonds. The molecule has 0 unspecified atom stereocenters. The highest BCUT2D eigenvalue weighted by Crippen LogP contribution is 2.45. The van der Waals surface area contributed by atoms with Crippen LogP contribution in [0, 0.1) is 0 Å². The number of hydrogen-bond donors (Lipinski definition) is 3. The largest absolute Gasteiger partial charge is 0.490 e. The lowest BCUT2D eigenvalue weighted by molar-refractivity contribution is -0.137. The molecular formula is C23H30F3N5O5S. The Bertz CT molecular complexity index is 1120. The summed E-state index contributed by atoms with van der Waals surface area (Å²) in [5.74, 6) is 0.435. The lowest BCUT2D eigenvalue weighted by atomic mass is 10.1. The molecule has 37 heavy (non-hydrogen) atoms. The highest BCUT2D eigenvalue weighted by molar-refractivity contribution is 8.24. The Morgan fingerprint density at radius 2 is 1.81 bits per heavy atom. The predicted molar refractivity (Wildman–Crippen MR) is 132 cm³/mol. The van der Waals surface area contributed by atoms with Gasteiger partial charge in [-0.25, -0.2) is 4.79 Å². The van der Waals surface area contributed by atoms with Crippen molar-refractivity contribution in [3.05, 3.63) is 41.6 Å². The highest BCUT2D eigenvalue weighted by atomic mass is 32.3. The minimum Gasteiger partial charge on any atom is -0.490 e. The normalized spacial score (nSPS) is 19.9. The number of piperazine rings is 1. The molecule has 1 aromatic carbocycles. The van der Waals surface area contributed by atoms with E-state index in [2.05, 4.69) is 10.4 Å². The molecule has 3 heterocycles. The Morgan fingerprint density at radius 1 is 1.14 bits per heavy atom. The first kappa shape index (κ1) is 27.2. The smallest absolute Gasteiger partial charge is 0.416 e. The first-order chi connectivity index (χ1) is 17.4. The molecule has 3 N–H and O–H groups in total. The fraction of sp³-hybridized carbons (Fsp3) is 0.522. The summed E-state index contributed by atoms with van der Waals surface area (Å²) >= 11 is 0. The second kappa shape index (κ2) is 10.9. The Morgan fingerprint density at radius 3 is 2.43 bits per heavy atom. The topological polar surface area (TPSA) is 120 Å². The fourth-order valence-corrected chi connectivity index (χ4v) is 5.84. The van der Waals surface area contributed by atoms with Crippen LogP contribution in [-0.2, 0) is 17.5 Å². The van der Waals surface area contributed by atoms with Gasteiger partial charge in [0.2, 0.25) is 5.91 Å². The maximum Gasteiger partial charge on any atom is 0.416 e. The van der Waals surface area contributed by atoms with E-state index in [1.807, 2.05) is 4.90 Å². The minimum atomic E-state index is -4.54. The van der Waals surface area contributed by atoms with Gasteiger partial charge in [-0.15, -0.1) is 5.10 Å². The second-order valence-corrected chi connectivity index (χ2v) is 11.7. The molecule has 0 bridgehead atoms. The van der Waals surface area contributed by atoms with Crippen molar-refractivity contribution in [2.24, 2.45) is 0 Å². The average Bonchev–Trinajstić information content (AvgIpc) is 3.27. The molecule has 2 saturated heterocycles. The van der Waals surface area contributed by atoms with Gasteiger partial charge >= 0.3 is 12.2 Å². The number of hydrogen-bond acceptors (Lipinski definition) is 7. The minimum absolute atomic E-state index is 0.107. The van der Waals surface area contributed by atoms with E-state index in [9.17, 15) is 31.9 Å². The number of nitrogens with one attached hydrogen (secondary N) is 1. The highest BCUT2D eigenvalue weighted by Gasteiger charge is 2.33. The third-order valence-corrected chi connectivity index (χ3v) is 8.05. The number of alkyl halides is 3. The van der Waals surface area contributed by atoms with Gasteiger partial charge in [-0.3, -0.25) is 18.8 Å². The van der Waals surface area contributed by atoms with Crippen molar-refractivity contribution in [3.63, 3.8) is 0 Å². The van der Waals surface area contributed by atoms with Crippen LogP contribution in [0.25, 0.3) is 0 Å². The third kappa shape index (κ3) is 7.37. The number of anilines is 1. The van der Waals surface area contributed by atoms with Crippen molar-refractivity contribution in [1.29, 1.82) is 0 Å². The van der Waals surface area contributed by atoms with E-state index in [1.165, 1.54) is 19.2 Å². The number of amides is 2. The maximum absolute atomic E-state index is 13.6. The Hall–Kier alpha value is -2.81. The number of benzene rings is 1. The van der Waals surface area contributed by atoms with Crippen LogP contribution in [0.2, 0.25) is 0 Å². The maximum atomic E-state index is 13.6. The van der Waals surface area contributed by atoms with E-state index < -0.39 is 22.3 Å². The summed E-state index contributed by atoms with van der Waals surface area (Å²) in [5.41, 5.74) is -0.362. The molecular weight excluding hydrogens is 515 g/mol. The second-order valence-electron chi connectivity index (χ2n) is 9.26. The number of ether oxygens (including phenoxy) is 1. The van der Waals surface area contributed by atoms with Crippen LogP contribution in [0.1, 0.15) is 30.9 Å². The number of carbonyl (C=O) groups is 2. The van der Waals surface area contributed by atoms with Gasteiger partial charge in [0.15, 0.2) is 5.82 Å². The van der Waals surface area contributed by atoms with E-state index in [1.54, 1.807) is 11.0 Å². The summed E-state index contributed by atoms with van der Waals surface area (Å²) in [6.07, 6.45) is -2.72. The SMILES string of the molecule is CC(=O)Nc1ccn(C(=O)N2CCN(Cc3cc(OC4CCS(O)(O)CC4)cc(C(F)(F)F)c3)CC2)n1. The summed E-state index contributed by atoms with van der Waals surface area (Å²) in [7, 11) is -2.62. The van der Waals surface area contributed by atoms with Gasteiger partial charge in [0, 0.05) is 76.3 Å². The molecule has 0 aliphatic carbocycles. The Kier molecular flexibility index (Phi) is 8.02. The number of carbonyl (C=O) groups excluding carboxylic acids is 2. The third-order valence-electron chi connectivity index (χ3n) is 6.27. The van der Waals surface area contributed by atoms with Gasteiger partial charge in [-0.05, 0) is 23.8 Å². The van der Waals surface area contributed by atoms with Crippen molar-refractivity contribution in [2.75, 3.05) is 43.0 Å². The lowest BCUT2D eigenvalue weighted by Gasteiger charge is -2.39. The van der Waals surface area contributed by atoms with Gasteiger partial charge in [0.05, 0.1) is 5.56 Å². The van der Waals surface area contributed by atoms with Crippen molar-refractivity contribution in [3.8, 4) is 5.75 Å². The van der Waals surface area contributed by atoms with Crippen LogP contribution in [0.3, 0.4) is 0 Å². The van der Waals surface area contributed by atoms with E-state index in [-0.39, 0.29) is 47.7 Å². The summed E-state index contributed by atoms with van der Waals surface area (Å²) < 4.78 is 67.2. The molecule has 14 heteroatoms. The number of nitrogens with zero attached hydrogens (tertiary/aromatic N) is 4. The molecule has 4 rings (SSSR count). The van der Waals surface area contributed by atoms with Crippen LogP contribution in [-0.4, -0.2) is 84.4 Å². The summed E-state index contributed by atoms with van der Waals surface area (Å²) in [4.78, 5) is 27.4. The zero-order chi connectivity index (χ0) is 26.8. The molecule has 0 saturated carbocycles. The molecule has 204 valence electrons. The van der Waals surface area contributed by atoms with Crippen LogP contribution < -0.4 is 10.1 Å². The Balaban J connectivity index is 1.37. The number of rotatable bonds is 5. The van der Waals surface area contributed by atoms with Gasteiger partial charge in [-0.2, -0.15) is 28.4 Å². The zero-order valence-corrected chi connectivity index (χ0v) is 21.1. The van der Waals surface area contributed by atoms with Crippen LogP contribution in [0.5, 0.6) is 5.75 Å². The molecule has 0 spiro atoms. The van der Waals surface area contributed by atoms with Crippen molar-refractivity contribution < 1.29 is 36.6 Å².